The lowest BCUT2D eigenvalue weighted by Crippen LogP contribution is -2.30. The van der Waals surface area contributed by atoms with Crippen molar-refractivity contribution in [3.8, 4) is 11.5 Å². The van der Waals surface area contributed by atoms with E-state index in [9.17, 15) is 9.59 Å². The van der Waals surface area contributed by atoms with Gasteiger partial charge in [-0.25, -0.2) is 0 Å². The van der Waals surface area contributed by atoms with Gasteiger partial charge in [0.05, 0.1) is 17.5 Å². The van der Waals surface area contributed by atoms with Gasteiger partial charge in [0.1, 0.15) is 11.5 Å². The highest BCUT2D eigenvalue weighted by atomic mass is 16.5. The zero-order valence-electron chi connectivity index (χ0n) is 15.2. The second-order valence-corrected chi connectivity index (χ2v) is 7.33. The lowest BCUT2D eigenvalue weighted by atomic mass is 9.81. The van der Waals surface area contributed by atoms with E-state index in [-0.39, 0.29) is 23.7 Å². The number of fused-ring (bicyclic) bond motifs is 1. The van der Waals surface area contributed by atoms with E-state index in [0.29, 0.717) is 11.4 Å². The van der Waals surface area contributed by atoms with Gasteiger partial charge >= 0.3 is 0 Å². The molecule has 0 aromatic heterocycles. The molecule has 1 heterocycles. The largest absolute Gasteiger partial charge is 0.457 e. The minimum Gasteiger partial charge on any atom is -0.457 e. The van der Waals surface area contributed by atoms with E-state index in [4.69, 9.17) is 4.74 Å². The zero-order valence-corrected chi connectivity index (χ0v) is 15.2. The van der Waals surface area contributed by atoms with E-state index in [0.717, 1.165) is 42.6 Å². The molecule has 2 amide bonds. The molecule has 0 spiro atoms. The number of rotatable bonds is 3. The number of aryl methyl sites for hydroxylation is 2. The van der Waals surface area contributed by atoms with Gasteiger partial charge in [0.25, 0.3) is 0 Å². The Hall–Kier alpha value is -2.62. The number of carbonyl (C=O) groups is 2. The van der Waals surface area contributed by atoms with Crippen LogP contribution in [0.25, 0.3) is 0 Å². The Bertz CT molecular complexity index is 812. The molecule has 1 aliphatic carbocycles. The summed E-state index contributed by atoms with van der Waals surface area (Å²) in [5.74, 6) is 1.22. The van der Waals surface area contributed by atoms with Crippen molar-refractivity contribution in [1.29, 1.82) is 0 Å². The molecule has 134 valence electrons. The van der Waals surface area contributed by atoms with Gasteiger partial charge in [-0.1, -0.05) is 31.0 Å². The Balaban J connectivity index is 1.56. The minimum atomic E-state index is -0.123. The fourth-order valence-electron chi connectivity index (χ4n) is 4.16. The summed E-state index contributed by atoms with van der Waals surface area (Å²) in [5, 5.41) is 0. The highest BCUT2D eigenvalue weighted by Crippen LogP contribution is 2.40. The number of amides is 2. The van der Waals surface area contributed by atoms with Gasteiger partial charge in [0, 0.05) is 0 Å². The van der Waals surface area contributed by atoms with Gasteiger partial charge in [-0.15, -0.1) is 0 Å². The van der Waals surface area contributed by atoms with Crippen LogP contribution in [0.1, 0.15) is 36.8 Å². The first-order valence-corrected chi connectivity index (χ1v) is 9.28. The summed E-state index contributed by atoms with van der Waals surface area (Å²) < 4.78 is 6.02. The average molecular weight is 349 g/mol. The van der Waals surface area contributed by atoms with Gasteiger partial charge in [0.2, 0.25) is 11.8 Å². The summed E-state index contributed by atoms with van der Waals surface area (Å²) in [6.45, 7) is 4.03. The van der Waals surface area contributed by atoms with E-state index in [2.05, 4.69) is 0 Å². The molecule has 1 saturated carbocycles. The quantitative estimate of drug-likeness (QED) is 0.750. The van der Waals surface area contributed by atoms with Crippen LogP contribution in [0.3, 0.4) is 0 Å². The first-order valence-electron chi connectivity index (χ1n) is 9.28. The Morgan fingerprint density at radius 3 is 1.92 bits per heavy atom. The van der Waals surface area contributed by atoms with Crippen molar-refractivity contribution >= 4 is 17.5 Å². The van der Waals surface area contributed by atoms with Crippen LogP contribution in [-0.2, 0) is 9.59 Å². The van der Waals surface area contributed by atoms with Crippen LogP contribution in [0.2, 0.25) is 0 Å². The molecule has 1 saturated heterocycles. The molecule has 0 N–H and O–H groups in total. The molecular weight excluding hydrogens is 326 g/mol. The zero-order chi connectivity index (χ0) is 18.3. The third-order valence-corrected chi connectivity index (χ3v) is 5.56. The summed E-state index contributed by atoms with van der Waals surface area (Å²) in [6, 6.07) is 13.3. The van der Waals surface area contributed by atoms with Crippen molar-refractivity contribution in [2.75, 3.05) is 4.90 Å². The second-order valence-electron chi connectivity index (χ2n) is 7.33. The van der Waals surface area contributed by atoms with E-state index in [1.165, 1.54) is 4.90 Å². The van der Waals surface area contributed by atoms with Crippen molar-refractivity contribution in [2.24, 2.45) is 11.8 Å². The predicted octanol–water partition coefficient (Wildman–Crippen LogP) is 4.78. The number of hydrogen-bond donors (Lipinski definition) is 0. The van der Waals surface area contributed by atoms with Crippen molar-refractivity contribution in [3.05, 3.63) is 53.6 Å². The molecule has 4 rings (SSSR count). The smallest absolute Gasteiger partial charge is 0.237 e. The first-order chi connectivity index (χ1) is 12.6. The van der Waals surface area contributed by atoms with E-state index >= 15 is 0 Å². The monoisotopic (exact) mass is 349 g/mol. The number of para-hydroxylation sites is 1. The molecule has 0 unspecified atom stereocenters. The van der Waals surface area contributed by atoms with Crippen LogP contribution in [-0.4, -0.2) is 11.8 Å². The maximum Gasteiger partial charge on any atom is 0.237 e. The Labute approximate surface area is 153 Å². The van der Waals surface area contributed by atoms with Crippen LogP contribution < -0.4 is 9.64 Å². The van der Waals surface area contributed by atoms with Gasteiger partial charge in [-0.3, -0.25) is 14.5 Å². The molecule has 2 atom stereocenters. The van der Waals surface area contributed by atoms with Gasteiger partial charge < -0.3 is 4.74 Å². The Kier molecular flexibility index (Phi) is 4.27. The molecule has 2 fully saturated rings. The van der Waals surface area contributed by atoms with Crippen LogP contribution in [0.15, 0.2) is 42.5 Å². The van der Waals surface area contributed by atoms with Gasteiger partial charge in [0.15, 0.2) is 0 Å². The lowest BCUT2D eigenvalue weighted by molar-refractivity contribution is -0.122. The van der Waals surface area contributed by atoms with Crippen LogP contribution in [0.5, 0.6) is 11.5 Å². The molecular formula is C22H23NO3. The lowest BCUT2D eigenvalue weighted by Gasteiger charge is -2.19. The second kappa shape index (κ2) is 6.60. The summed E-state index contributed by atoms with van der Waals surface area (Å²) >= 11 is 0. The minimum absolute atomic E-state index is 0.0388. The standard InChI is InChI=1S/C22H23NO3/c1-14-6-5-7-15(2)20(14)26-17-12-10-16(11-13-17)23-21(24)18-8-3-4-9-19(18)22(23)25/h5-7,10-13,18-19H,3-4,8-9H2,1-2H3/t18-,19+. The average Bonchev–Trinajstić information content (AvgIpc) is 2.90. The van der Waals surface area contributed by atoms with Crippen molar-refractivity contribution in [3.63, 3.8) is 0 Å². The van der Waals surface area contributed by atoms with E-state index in [1.54, 1.807) is 12.1 Å². The van der Waals surface area contributed by atoms with Gasteiger partial charge in [-0.05, 0) is 62.1 Å². The number of nitrogens with zero attached hydrogens (tertiary/aromatic N) is 1. The molecule has 1 aliphatic heterocycles. The van der Waals surface area contributed by atoms with Crippen LogP contribution in [0.4, 0.5) is 5.69 Å². The van der Waals surface area contributed by atoms with E-state index < -0.39 is 0 Å². The fourth-order valence-corrected chi connectivity index (χ4v) is 4.16. The summed E-state index contributed by atoms with van der Waals surface area (Å²) in [5.41, 5.74) is 2.79. The molecule has 0 radical (unpaired) electrons. The van der Waals surface area contributed by atoms with Crippen LogP contribution >= 0.6 is 0 Å². The van der Waals surface area contributed by atoms with Crippen molar-refractivity contribution < 1.29 is 14.3 Å². The Morgan fingerprint density at radius 1 is 0.846 bits per heavy atom. The maximum atomic E-state index is 12.7. The number of benzene rings is 2. The Morgan fingerprint density at radius 2 is 1.38 bits per heavy atom. The van der Waals surface area contributed by atoms with Crippen molar-refractivity contribution in [2.45, 2.75) is 39.5 Å². The van der Waals surface area contributed by atoms with Gasteiger partial charge in [-0.2, -0.15) is 0 Å². The molecule has 2 aromatic rings. The predicted molar refractivity (Wildman–Crippen MR) is 100 cm³/mol. The summed E-state index contributed by atoms with van der Waals surface area (Å²) in [6.07, 6.45) is 3.74. The molecule has 2 aromatic carbocycles. The summed E-state index contributed by atoms with van der Waals surface area (Å²) in [7, 11) is 0. The molecule has 4 heteroatoms. The third-order valence-electron chi connectivity index (χ3n) is 5.56. The van der Waals surface area contributed by atoms with E-state index in [1.807, 2.05) is 44.2 Å². The highest BCUT2D eigenvalue weighted by molar-refractivity contribution is 6.22. The molecule has 26 heavy (non-hydrogen) atoms. The third kappa shape index (κ3) is 2.79. The van der Waals surface area contributed by atoms with Crippen molar-refractivity contribution in [1.82, 2.24) is 0 Å². The number of carbonyl (C=O) groups excluding carboxylic acids is 2. The normalized spacial score (nSPS) is 22.5. The molecule has 0 bridgehead atoms. The number of imide groups is 1. The molecule has 2 aliphatic rings. The highest BCUT2D eigenvalue weighted by Gasteiger charge is 2.48. The number of anilines is 1. The molecule has 4 nitrogen and oxygen atoms in total. The van der Waals surface area contributed by atoms with Crippen LogP contribution in [0, 0.1) is 25.7 Å². The maximum absolute atomic E-state index is 12.7. The summed E-state index contributed by atoms with van der Waals surface area (Å²) in [4.78, 5) is 26.8. The fraction of sp³-hybridized carbons (Fsp3) is 0.364. The topological polar surface area (TPSA) is 46.6 Å². The number of hydrogen-bond acceptors (Lipinski definition) is 3. The SMILES string of the molecule is Cc1cccc(C)c1Oc1ccc(N2C(=O)[C@H]3CCCC[C@H]3C2=O)cc1. The number of ether oxygens (including phenoxy) is 1. The first kappa shape index (κ1) is 16.8.